The number of ether oxygens (including phenoxy) is 1. The van der Waals surface area contributed by atoms with Crippen LogP contribution in [0.15, 0.2) is 60.3 Å². The van der Waals surface area contributed by atoms with Crippen LogP contribution in [0, 0.1) is 13.8 Å². The van der Waals surface area contributed by atoms with Gasteiger partial charge < -0.3 is 19.9 Å². The first-order valence-electron chi connectivity index (χ1n) is 10.8. The van der Waals surface area contributed by atoms with Gasteiger partial charge in [0.05, 0.1) is 24.6 Å². The lowest BCUT2D eigenvalue weighted by Crippen LogP contribution is -2.29. The number of anilines is 1. The molecule has 0 unspecified atom stereocenters. The summed E-state index contributed by atoms with van der Waals surface area (Å²) in [7, 11) is 1.56. The molecule has 0 aliphatic carbocycles. The number of carbonyl (C=O) groups excluding carboxylic acids is 2. The summed E-state index contributed by atoms with van der Waals surface area (Å²) in [6, 6.07) is 12.6. The summed E-state index contributed by atoms with van der Waals surface area (Å²) in [5, 5.41) is 15.0. The molecule has 34 heavy (non-hydrogen) atoms. The van der Waals surface area contributed by atoms with E-state index in [2.05, 4.69) is 27.4 Å². The highest BCUT2D eigenvalue weighted by Crippen LogP contribution is 2.26. The molecule has 0 aliphatic heterocycles. The second-order valence-electron chi connectivity index (χ2n) is 7.79. The Kier molecular flexibility index (Phi) is 8.48. The second-order valence-corrected chi connectivity index (χ2v) is 8.73. The summed E-state index contributed by atoms with van der Waals surface area (Å²) < 4.78 is 7.17. The van der Waals surface area contributed by atoms with Crippen LogP contribution in [-0.4, -0.2) is 39.4 Å². The molecule has 0 fully saturated rings. The maximum Gasteiger partial charge on any atom is 0.252 e. The molecule has 1 heterocycles. The first-order valence-corrected chi connectivity index (χ1v) is 11.8. The van der Waals surface area contributed by atoms with Gasteiger partial charge in [-0.2, -0.15) is 0 Å². The monoisotopic (exact) mass is 479 g/mol. The van der Waals surface area contributed by atoms with Gasteiger partial charge in [-0.3, -0.25) is 9.59 Å². The lowest BCUT2D eigenvalue weighted by molar-refractivity contribution is -0.113. The van der Waals surface area contributed by atoms with E-state index in [-0.39, 0.29) is 23.6 Å². The van der Waals surface area contributed by atoms with E-state index in [9.17, 15) is 9.59 Å². The molecular formula is C25H29N5O3S. The first-order chi connectivity index (χ1) is 16.3. The van der Waals surface area contributed by atoms with Gasteiger partial charge in [-0.25, -0.2) is 0 Å². The standard InChI is InChI=1S/C25H29N5O3S/c1-6-13-30-23(18(4)26-24(32)19-10-8-7-9-17(19)3)28-29-25(30)34-15-22(31)27-20-14-16(2)11-12-21(20)33-5/h6-12,14,18H,1,13,15H2,2-5H3,(H,26,32)(H,27,31)/t18-/m1/s1. The van der Waals surface area contributed by atoms with E-state index >= 15 is 0 Å². The fraction of sp³-hybridized carbons (Fsp3) is 0.280. The molecule has 0 aliphatic rings. The molecule has 0 saturated carbocycles. The van der Waals surface area contributed by atoms with E-state index in [1.807, 2.05) is 61.7 Å². The summed E-state index contributed by atoms with van der Waals surface area (Å²) in [5.41, 5.74) is 3.14. The molecule has 2 N–H and O–H groups in total. The van der Waals surface area contributed by atoms with Crippen LogP contribution in [0.3, 0.4) is 0 Å². The van der Waals surface area contributed by atoms with Gasteiger partial charge in [-0.1, -0.05) is 42.1 Å². The molecule has 178 valence electrons. The fourth-order valence-electron chi connectivity index (χ4n) is 3.43. The average molecular weight is 480 g/mol. The zero-order chi connectivity index (χ0) is 24.7. The van der Waals surface area contributed by atoms with Crippen LogP contribution in [0.5, 0.6) is 5.75 Å². The van der Waals surface area contributed by atoms with E-state index < -0.39 is 0 Å². The number of aromatic nitrogens is 3. The molecule has 3 aromatic rings. The zero-order valence-corrected chi connectivity index (χ0v) is 20.6. The molecule has 0 spiro atoms. The Bertz CT molecular complexity index is 1190. The lowest BCUT2D eigenvalue weighted by Gasteiger charge is -2.16. The summed E-state index contributed by atoms with van der Waals surface area (Å²) in [6.45, 7) is 9.95. The third-order valence-corrected chi connectivity index (χ3v) is 6.11. The van der Waals surface area contributed by atoms with Crippen LogP contribution in [0.1, 0.15) is 40.3 Å². The number of carbonyl (C=O) groups is 2. The molecule has 2 amide bonds. The smallest absolute Gasteiger partial charge is 0.252 e. The van der Waals surface area contributed by atoms with Gasteiger partial charge in [-0.15, -0.1) is 16.8 Å². The Balaban J connectivity index is 1.69. The quantitative estimate of drug-likeness (QED) is 0.332. The summed E-state index contributed by atoms with van der Waals surface area (Å²) in [4.78, 5) is 25.3. The van der Waals surface area contributed by atoms with E-state index in [4.69, 9.17) is 4.74 Å². The number of aryl methyl sites for hydroxylation is 2. The minimum Gasteiger partial charge on any atom is -0.495 e. The van der Waals surface area contributed by atoms with Crippen molar-refractivity contribution in [1.29, 1.82) is 0 Å². The normalized spacial score (nSPS) is 11.5. The topological polar surface area (TPSA) is 98.1 Å². The van der Waals surface area contributed by atoms with E-state index in [0.717, 1.165) is 11.1 Å². The Labute approximate surface area is 203 Å². The molecule has 0 saturated heterocycles. The summed E-state index contributed by atoms with van der Waals surface area (Å²) in [5.74, 6) is 0.948. The van der Waals surface area contributed by atoms with Gasteiger partial charge in [0.15, 0.2) is 11.0 Å². The second kappa shape index (κ2) is 11.5. The number of nitrogens with zero attached hydrogens (tertiary/aromatic N) is 3. The van der Waals surface area contributed by atoms with Crippen molar-refractivity contribution < 1.29 is 14.3 Å². The van der Waals surface area contributed by atoms with Gasteiger partial charge in [0.1, 0.15) is 5.75 Å². The van der Waals surface area contributed by atoms with Crippen LogP contribution in [0.4, 0.5) is 5.69 Å². The largest absolute Gasteiger partial charge is 0.495 e. The summed E-state index contributed by atoms with van der Waals surface area (Å²) in [6.07, 6.45) is 1.73. The third-order valence-electron chi connectivity index (χ3n) is 5.14. The number of thioether (sulfide) groups is 1. The molecule has 1 aromatic heterocycles. The Hall–Kier alpha value is -3.59. The highest BCUT2D eigenvalue weighted by Gasteiger charge is 2.21. The highest BCUT2D eigenvalue weighted by atomic mass is 32.2. The minimum absolute atomic E-state index is 0.135. The molecule has 2 aromatic carbocycles. The molecule has 0 radical (unpaired) electrons. The minimum atomic E-state index is -0.390. The van der Waals surface area contributed by atoms with Crippen LogP contribution in [0.2, 0.25) is 0 Å². The number of amides is 2. The van der Waals surface area contributed by atoms with Crippen molar-refractivity contribution in [3.63, 3.8) is 0 Å². The molecule has 3 rings (SSSR count). The molecule has 9 heteroatoms. The van der Waals surface area contributed by atoms with E-state index in [0.29, 0.717) is 34.5 Å². The van der Waals surface area contributed by atoms with Gasteiger partial charge in [-0.05, 0) is 50.1 Å². The van der Waals surface area contributed by atoms with Gasteiger partial charge in [0, 0.05) is 12.1 Å². The Morgan fingerprint density at radius 1 is 1.21 bits per heavy atom. The maximum atomic E-state index is 12.7. The zero-order valence-electron chi connectivity index (χ0n) is 19.8. The molecule has 0 bridgehead atoms. The molecular weight excluding hydrogens is 450 g/mol. The number of allylic oxidation sites excluding steroid dienone is 1. The first kappa shape index (κ1) is 25.0. The van der Waals surface area contributed by atoms with Crippen molar-refractivity contribution in [2.24, 2.45) is 0 Å². The number of nitrogens with one attached hydrogen (secondary N) is 2. The predicted molar refractivity (Wildman–Crippen MR) is 134 cm³/mol. The van der Waals surface area contributed by atoms with Crippen molar-refractivity contribution in [1.82, 2.24) is 20.1 Å². The van der Waals surface area contributed by atoms with Crippen molar-refractivity contribution in [2.45, 2.75) is 38.5 Å². The van der Waals surface area contributed by atoms with Crippen molar-refractivity contribution >= 4 is 29.3 Å². The fourth-order valence-corrected chi connectivity index (χ4v) is 4.19. The third kappa shape index (κ3) is 6.05. The van der Waals surface area contributed by atoms with Gasteiger partial charge >= 0.3 is 0 Å². The SMILES string of the molecule is C=CCn1c(SCC(=O)Nc2cc(C)ccc2OC)nnc1[C@@H](C)NC(=O)c1ccccc1C. The number of benzene rings is 2. The van der Waals surface area contributed by atoms with Crippen molar-refractivity contribution in [3.05, 3.63) is 77.6 Å². The number of methoxy groups -OCH3 is 1. The van der Waals surface area contributed by atoms with Crippen molar-refractivity contribution in [2.75, 3.05) is 18.2 Å². The van der Waals surface area contributed by atoms with Crippen LogP contribution < -0.4 is 15.4 Å². The lowest BCUT2D eigenvalue weighted by atomic mass is 10.1. The van der Waals surface area contributed by atoms with Gasteiger partial charge in [0.25, 0.3) is 5.91 Å². The number of rotatable bonds is 10. The van der Waals surface area contributed by atoms with E-state index in [1.165, 1.54) is 11.8 Å². The predicted octanol–water partition coefficient (Wildman–Crippen LogP) is 4.31. The average Bonchev–Trinajstić information content (AvgIpc) is 3.21. The Morgan fingerprint density at radius 2 is 1.97 bits per heavy atom. The van der Waals surface area contributed by atoms with Gasteiger partial charge in [0.2, 0.25) is 5.91 Å². The maximum absolute atomic E-state index is 12.7. The van der Waals surface area contributed by atoms with E-state index in [1.54, 1.807) is 19.3 Å². The summed E-state index contributed by atoms with van der Waals surface area (Å²) >= 11 is 1.26. The van der Waals surface area contributed by atoms with Crippen LogP contribution >= 0.6 is 11.8 Å². The number of hydrogen-bond acceptors (Lipinski definition) is 6. The molecule has 8 nitrogen and oxygen atoms in total. The Morgan fingerprint density at radius 3 is 2.68 bits per heavy atom. The van der Waals surface area contributed by atoms with Crippen LogP contribution in [0.25, 0.3) is 0 Å². The molecule has 1 atom stereocenters. The highest BCUT2D eigenvalue weighted by molar-refractivity contribution is 7.99. The number of hydrogen-bond donors (Lipinski definition) is 2. The van der Waals surface area contributed by atoms with Crippen LogP contribution in [-0.2, 0) is 11.3 Å². The van der Waals surface area contributed by atoms with Crippen molar-refractivity contribution in [3.8, 4) is 5.75 Å².